The largest absolute Gasteiger partial charge is 0.368 e. The van der Waals surface area contributed by atoms with Gasteiger partial charge in [0, 0.05) is 6.20 Å². The van der Waals surface area contributed by atoms with Crippen LogP contribution in [0.1, 0.15) is 0 Å². The maximum Gasteiger partial charge on any atom is 0.223 e. The standard InChI is InChI=1S/C7H8N4S/c1-12-6-4-2-3-9-5(4)10-7(8)11-6/h2-3H,1H3,(H3,8,9,10,11). The summed E-state index contributed by atoms with van der Waals surface area (Å²) in [7, 11) is 0. The van der Waals surface area contributed by atoms with Gasteiger partial charge in [-0.3, -0.25) is 0 Å². The van der Waals surface area contributed by atoms with E-state index in [1.165, 1.54) is 0 Å². The summed E-state index contributed by atoms with van der Waals surface area (Å²) in [6.45, 7) is 0. The second-order valence-corrected chi connectivity index (χ2v) is 3.13. The third kappa shape index (κ3) is 1.02. The van der Waals surface area contributed by atoms with Crippen molar-refractivity contribution >= 4 is 28.7 Å². The molecule has 2 rings (SSSR count). The Hall–Kier alpha value is -1.23. The Kier molecular flexibility index (Phi) is 1.65. The molecule has 0 saturated carbocycles. The average Bonchev–Trinajstić information content (AvgIpc) is 2.50. The summed E-state index contributed by atoms with van der Waals surface area (Å²) < 4.78 is 0. The maximum atomic E-state index is 5.50. The summed E-state index contributed by atoms with van der Waals surface area (Å²) in [6, 6.07) is 1.95. The van der Waals surface area contributed by atoms with Crippen molar-refractivity contribution in [3.8, 4) is 0 Å². The molecule has 0 fully saturated rings. The molecule has 0 aliphatic heterocycles. The van der Waals surface area contributed by atoms with Crippen molar-refractivity contribution in [1.29, 1.82) is 0 Å². The van der Waals surface area contributed by atoms with E-state index in [0.717, 1.165) is 16.1 Å². The molecule has 0 atom stereocenters. The molecule has 0 spiro atoms. The zero-order valence-corrected chi connectivity index (χ0v) is 7.35. The van der Waals surface area contributed by atoms with Crippen LogP contribution in [-0.4, -0.2) is 21.2 Å². The average molecular weight is 180 g/mol. The van der Waals surface area contributed by atoms with Crippen LogP contribution in [0.2, 0.25) is 0 Å². The van der Waals surface area contributed by atoms with Gasteiger partial charge in [0.1, 0.15) is 10.7 Å². The van der Waals surface area contributed by atoms with Crippen LogP contribution in [0.25, 0.3) is 11.0 Å². The highest BCUT2D eigenvalue weighted by Crippen LogP contribution is 2.22. The number of nitrogens with one attached hydrogen (secondary N) is 1. The number of nitrogens with zero attached hydrogens (tertiary/aromatic N) is 2. The molecular formula is C7H8N4S. The number of fused-ring (bicyclic) bond motifs is 1. The first-order valence-corrected chi connectivity index (χ1v) is 4.68. The van der Waals surface area contributed by atoms with Crippen molar-refractivity contribution in [2.75, 3.05) is 12.0 Å². The topological polar surface area (TPSA) is 67.6 Å². The molecular weight excluding hydrogens is 172 g/mol. The molecule has 0 bridgehead atoms. The Morgan fingerprint density at radius 2 is 2.33 bits per heavy atom. The van der Waals surface area contributed by atoms with E-state index in [-0.39, 0.29) is 0 Å². The highest BCUT2D eigenvalue weighted by molar-refractivity contribution is 7.98. The molecule has 0 radical (unpaired) electrons. The summed E-state index contributed by atoms with van der Waals surface area (Å²) >= 11 is 1.57. The SMILES string of the molecule is CSc1nc(N)nc2[nH]ccc12. The molecule has 0 aliphatic carbocycles. The van der Waals surface area contributed by atoms with Crippen molar-refractivity contribution in [2.45, 2.75) is 5.03 Å². The van der Waals surface area contributed by atoms with E-state index in [1.54, 1.807) is 11.8 Å². The minimum absolute atomic E-state index is 0.314. The lowest BCUT2D eigenvalue weighted by Crippen LogP contribution is -1.95. The van der Waals surface area contributed by atoms with Gasteiger partial charge in [-0.1, -0.05) is 0 Å². The van der Waals surface area contributed by atoms with Crippen LogP contribution in [0, 0.1) is 0 Å². The van der Waals surface area contributed by atoms with E-state index in [4.69, 9.17) is 5.73 Å². The van der Waals surface area contributed by atoms with E-state index in [0.29, 0.717) is 5.95 Å². The summed E-state index contributed by atoms with van der Waals surface area (Å²) in [5.41, 5.74) is 6.30. The molecule has 5 heteroatoms. The Bertz CT molecular complexity index is 409. The predicted octanol–water partition coefficient (Wildman–Crippen LogP) is 1.26. The Balaban J connectivity index is 2.80. The van der Waals surface area contributed by atoms with Crippen LogP contribution in [0.4, 0.5) is 5.95 Å². The number of hydrogen-bond acceptors (Lipinski definition) is 4. The normalized spacial score (nSPS) is 10.8. The number of aromatic nitrogens is 3. The number of rotatable bonds is 1. The maximum absolute atomic E-state index is 5.50. The van der Waals surface area contributed by atoms with Gasteiger partial charge in [0.15, 0.2) is 0 Å². The van der Waals surface area contributed by atoms with E-state index < -0.39 is 0 Å². The summed E-state index contributed by atoms with van der Waals surface area (Å²) in [5.74, 6) is 0.314. The number of anilines is 1. The van der Waals surface area contributed by atoms with Gasteiger partial charge in [0.05, 0.1) is 5.39 Å². The molecule has 0 saturated heterocycles. The van der Waals surface area contributed by atoms with Crippen LogP contribution < -0.4 is 5.73 Å². The number of nitrogens with two attached hydrogens (primary N) is 1. The fourth-order valence-electron chi connectivity index (χ4n) is 1.09. The molecule has 0 aromatic carbocycles. The zero-order valence-electron chi connectivity index (χ0n) is 6.53. The molecule has 4 nitrogen and oxygen atoms in total. The molecule has 3 N–H and O–H groups in total. The van der Waals surface area contributed by atoms with Crippen molar-refractivity contribution in [3.05, 3.63) is 12.3 Å². The molecule has 12 heavy (non-hydrogen) atoms. The minimum Gasteiger partial charge on any atom is -0.368 e. The van der Waals surface area contributed by atoms with Gasteiger partial charge >= 0.3 is 0 Å². The lowest BCUT2D eigenvalue weighted by Gasteiger charge is -1.98. The first kappa shape index (κ1) is 7.42. The molecule has 0 aliphatic rings. The Morgan fingerprint density at radius 1 is 1.50 bits per heavy atom. The predicted molar refractivity (Wildman–Crippen MR) is 50.1 cm³/mol. The third-order valence-electron chi connectivity index (χ3n) is 1.59. The van der Waals surface area contributed by atoms with Gasteiger partial charge in [0.2, 0.25) is 5.95 Å². The Labute approximate surface area is 73.6 Å². The summed E-state index contributed by atoms with van der Waals surface area (Å²) in [4.78, 5) is 11.1. The first-order valence-electron chi connectivity index (χ1n) is 3.46. The van der Waals surface area contributed by atoms with Gasteiger partial charge < -0.3 is 10.7 Å². The monoisotopic (exact) mass is 180 g/mol. The Morgan fingerprint density at radius 3 is 3.08 bits per heavy atom. The van der Waals surface area contributed by atoms with Crippen molar-refractivity contribution in [3.63, 3.8) is 0 Å². The van der Waals surface area contributed by atoms with Crippen molar-refractivity contribution in [1.82, 2.24) is 15.0 Å². The fraction of sp³-hybridized carbons (Fsp3) is 0.143. The van der Waals surface area contributed by atoms with E-state index >= 15 is 0 Å². The van der Waals surface area contributed by atoms with Gasteiger partial charge in [-0.15, -0.1) is 11.8 Å². The van der Waals surface area contributed by atoms with Crippen LogP contribution in [0.5, 0.6) is 0 Å². The summed E-state index contributed by atoms with van der Waals surface area (Å²) in [5, 5.41) is 1.94. The van der Waals surface area contributed by atoms with Gasteiger partial charge in [0.25, 0.3) is 0 Å². The highest BCUT2D eigenvalue weighted by atomic mass is 32.2. The second kappa shape index (κ2) is 2.67. The lowest BCUT2D eigenvalue weighted by atomic mass is 10.4. The number of hydrogen-bond donors (Lipinski definition) is 2. The van der Waals surface area contributed by atoms with E-state index in [1.807, 2.05) is 18.5 Å². The molecule has 2 heterocycles. The smallest absolute Gasteiger partial charge is 0.223 e. The molecule has 2 aromatic heterocycles. The van der Waals surface area contributed by atoms with Gasteiger partial charge in [-0.25, -0.2) is 4.98 Å². The van der Waals surface area contributed by atoms with Crippen molar-refractivity contribution in [2.24, 2.45) is 0 Å². The van der Waals surface area contributed by atoms with Crippen LogP contribution >= 0.6 is 11.8 Å². The van der Waals surface area contributed by atoms with Crippen LogP contribution in [0.15, 0.2) is 17.3 Å². The third-order valence-corrected chi connectivity index (χ3v) is 2.29. The number of H-pyrrole nitrogens is 1. The van der Waals surface area contributed by atoms with Crippen LogP contribution in [0.3, 0.4) is 0 Å². The fourth-order valence-corrected chi connectivity index (χ4v) is 1.65. The number of aromatic amines is 1. The quantitative estimate of drug-likeness (QED) is 0.512. The van der Waals surface area contributed by atoms with Crippen molar-refractivity contribution < 1.29 is 0 Å². The number of nitrogen functional groups attached to an aromatic ring is 1. The minimum atomic E-state index is 0.314. The molecule has 2 aromatic rings. The van der Waals surface area contributed by atoms with E-state index in [9.17, 15) is 0 Å². The van der Waals surface area contributed by atoms with Gasteiger partial charge in [-0.05, 0) is 12.3 Å². The molecule has 0 amide bonds. The van der Waals surface area contributed by atoms with E-state index in [2.05, 4.69) is 15.0 Å². The second-order valence-electron chi connectivity index (χ2n) is 2.33. The first-order chi connectivity index (χ1) is 5.81. The molecule has 0 unspecified atom stereocenters. The highest BCUT2D eigenvalue weighted by Gasteiger charge is 2.04. The number of thioether (sulfide) groups is 1. The molecule has 62 valence electrons. The lowest BCUT2D eigenvalue weighted by molar-refractivity contribution is 1.11. The zero-order chi connectivity index (χ0) is 8.55. The van der Waals surface area contributed by atoms with Gasteiger partial charge in [-0.2, -0.15) is 4.98 Å². The van der Waals surface area contributed by atoms with Crippen LogP contribution in [-0.2, 0) is 0 Å². The summed E-state index contributed by atoms with van der Waals surface area (Å²) in [6.07, 6.45) is 3.80.